The van der Waals surface area contributed by atoms with Crippen molar-refractivity contribution in [2.45, 2.75) is 83.5 Å². The van der Waals surface area contributed by atoms with Crippen LogP contribution in [0.4, 0.5) is 17.1 Å². The maximum atomic E-state index is 6.59. The van der Waals surface area contributed by atoms with Crippen LogP contribution in [0.15, 0.2) is 418 Å². The highest BCUT2D eigenvalue weighted by Gasteiger charge is 2.40. The highest BCUT2D eigenvalue weighted by molar-refractivity contribution is 6.20. The van der Waals surface area contributed by atoms with Crippen molar-refractivity contribution >= 4 is 126 Å². The molecular weight excluding hydrogens is 1620 g/mol. The lowest BCUT2D eigenvalue weighted by Gasteiger charge is -2.28. The Balaban J connectivity index is 0.645. The molecule has 2 aliphatic rings. The van der Waals surface area contributed by atoms with Crippen molar-refractivity contribution in [3.63, 3.8) is 0 Å². The zero-order chi connectivity index (χ0) is 88.8. The first-order valence-electron chi connectivity index (χ1n) is 46.7. The van der Waals surface area contributed by atoms with Crippen molar-refractivity contribution in [1.29, 1.82) is 0 Å². The summed E-state index contributed by atoms with van der Waals surface area (Å²) < 4.78 is 28.6. The normalized spacial score (nSPS) is 13.9. The molecule has 0 fully saturated rings. The Morgan fingerprint density at radius 1 is 0.286 bits per heavy atom. The zero-order valence-electron chi connectivity index (χ0n) is 75.1. The number of hydrogen-bond donors (Lipinski definition) is 0. The minimum atomic E-state index is -0.367. The second-order valence-electron chi connectivity index (χ2n) is 38.2. The summed E-state index contributed by atoms with van der Waals surface area (Å²) in [5.41, 5.74) is 34.2. The molecule has 6 heteroatoms. The molecule has 2 aliphatic carbocycles. The highest BCUT2D eigenvalue weighted by atomic mass is 16.3. The zero-order valence-corrected chi connectivity index (χ0v) is 75.1. The van der Waals surface area contributed by atoms with E-state index in [-0.39, 0.29) is 28.6 Å². The van der Waals surface area contributed by atoms with E-state index in [9.17, 15) is 0 Å². The molecule has 5 heterocycles. The van der Waals surface area contributed by atoms with E-state index in [2.05, 4.69) is 422 Å². The molecule has 5 aromatic heterocycles. The van der Waals surface area contributed by atoms with E-state index in [1.807, 2.05) is 36.4 Å². The molecule has 0 amide bonds. The molecule has 3 atom stereocenters. The van der Waals surface area contributed by atoms with E-state index in [1.165, 1.54) is 138 Å². The van der Waals surface area contributed by atoms with E-state index in [4.69, 9.17) is 17.7 Å². The van der Waals surface area contributed by atoms with E-state index in [1.54, 1.807) is 0 Å². The summed E-state index contributed by atoms with van der Waals surface area (Å²) in [5.74, 6) is 3.61. The quantitative estimate of drug-likeness (QED) is 0.0965. The van der Waals surface area contributed by atoms with Crippen molar-refractivity contribution in [1.82, 2.24) is 4.57 Å². The third-order valence-corrected chi connectivity index (χ3v) is 29.8. The average Bonchev–Trinajstić information content (AvgIpc) is 1.22. The van der Waals surface area contributed by atoms with Crippen LogP contribution in [-0.2, 0) is 10.8 Å². The van der Waals surface area contributed by atoms with Crippen LogP contribution in [0.2, 0.25) is 0 Å². The number of aryl methyl sites for hydroxylation is 1. The topological polar surface area (TPSA) is 60.7 Å². The first kappa shape index (κ1) is 78.1. The summed E-state index contributed by atoms with van der Waals surface area (Å²) in [6, 6.07) is 149. The molecule has 634 valence electrons. The second-order valence-corrected chi connectivity index (χ2v) is 38.2. The number of hydrogen-bond acceptors (Lipinski definition) is 5. The van der Waals surface area contributed by atoms with Crippen LogP contribution in [-0.4, -0.2) is 4.57 Å². The van der Waals surface area contributed by atoms with Crippen molar-refractivity contribution in [2.75, 3.05) is 4.90 Å². The average molecular weight is 1710 g/mol. The Kier molecular flexibility index (Phi) is 17.6. The maximum Gasteiger partial charge on any atom is 0.135 e. The van der Waals surface area contributed by atoms with Crippen LogP contribution in [0.5, 0.6) is 0 Å². The standard InChI is InChI=1S/C127H92N2O4/c1-8-99(85-43-52-102-103-53-46-92(67-111(103)126(4,5)110(102)66-85)121-71-88-27-17-21-33-117(88)132-121)124-100-57-49-97(128(95-29-13-10-14-30-95)96-48-41-81-62-91(39-36-82(81)64-96)120-70-87-26-16-20-32-116(87)131-120)65-84(100)44-55-106(124)108-74-114-109(59-75(108)2)107-56-45-83-60-78(76(3)123(77-23-11-9-12-24-77)94-40-37-79-61-90(38-35-80(79)63-94)119-69-86-25-15-19-31-115(86)130-119)42-51-101(83)125(107)129(114)98-50-58-105-104-54-47-93(68-112(104)127(6,7)113(105)73-98)122-72-89-28-18-22-34-118(89)133-122/h9-74,76,99,123H,8H2,1-7H3/t76?,99?,123-/m1/s1. The Bertz CT molecular complexity index is 8820. The molecule has 6 nitrogen and oxygen atoms in total. The molecule has 26 rings (SSSR count). The molecule has 0 radical (unpaired) electrons. The van der Waals surface area contributed by atoms with Gasteiger partial charge < -0.3 is 27.1 Å². The predicted molar refractivity (Wildman–Crippen MR) is 553 cm³/mol. The van der Waals surface area contributed by atoms with Gasteiger partial charge in [-0.05, 0) is 279 Å². The number of anilines is 3. The maximum absolute atomic E-state index is 6.59. The minimum Gasteiger partial charge on any atom is -0.456 e. The third kappa shape index (κ3) is 12.6. The molecule has 0 aliphatic heterocycles. The van der Waals surface area contributed by atoms with Crippen molar-refractivity contribution in [2.24, 2.45) is 0 Å². The van der Waals surface area contributed by atoms with Gasteiger partial charge >= 0.3 is 0 Å². The Labute approximate surface area is 771 Å². The summed E-state index contributed by atoms with van der Waals surface area (Å²) in [7, 11) is 0. The van der Waals surface area contributed by atoms with E-state index >= 15 is 0 Å². The van der Waals surface area contributed by atoms with Gasteiger partial charge in [-0.3, -0.25) is 0 Å². The van der Waals surface area contributed by atoms with Crippen molar-refractivity contribution < 1.29 is 17.7 Å². The molecule has 2 unspecified atom stereocenters. The number of aromatic nitrogens is 1. The molecule has 24 aromatic rings. The monoisotopic (exact) mass is 1710 g/mol. The summed E-state index contributed by atoms with van der Waals surface area (Å²) in [5, 5.41) is 16.3. The minimum absolute atomic E-state index is 0.0321. The number of fused-ring (bicyclic) bond motifs is 18. The van der Waals surface area contributed by atoms with Crippen LogP contribution >= 0.6 is 0 Å². The smallest absolute Gasteiger partial charge is 0.135 e. The van der Waals surface area contributed by atoms with Crippen LogP contribution in [0.3, 0.4) is 0 Å². The second kappa shape index (κ2) is 30.0. The highest BCUT2D eigenvalue weighted by Crippen LogP contribution is 2.56. The Morgan fingerprint density at radius 3 is 1.28 bits per heavy atom. The molecule has 0 saturated carbocycles. The van der Waals surface area contributed by atoms with Gasteiger partial charge in [-0.25, -0.2) is 0 Å². The van der Waals surface area contributed by atoms with Gasteiger partial charge in [0.25, 0.3) is 0 Å². The molecule has 0 N–H and O–H groups in total. The lowest BCUT2D eigenvalue weighted by atomic mass is 9.77. The number of nitrogens with zero attached hydrogens (tertiary/aromatic N) is 2. The largest absolute Gasteiger partial charge is 0.456 e. The van der Waals surface area contributed by atoms with Gasteiger partial charge in [0.15, 0.2) is 0 Å². The molecule has 0 bridgehead atoms. The van der Waals surface area contributed by atoms with Gasteiger partial charge in [0.2, 0.25) is 0 Å². The molecule has 19 aromatic carbocycles. The summed E-state index contributed by atoms with van der Waals surface area (Å²) >= 11 is 0. The van der Waals surface area contributed by atoms with E-state index < -0.39 is 0 Å². The fourth-order valence-corrected chi connectivity index (χ4v) is 23.0. The number of para-hydroxylation sites is 5. The summed E-state index contributed by atoms with van der Waals surface area (Å²) in [4.78, 5) is 2.42. The molecule has 0 saturated heterocycles. The van der Waals surface area contributed by atoms with Crippen molar-refractivity contribution in [3.05, 3.63) is 456 Å². The summed E-state index contributed by atoms with van der Waals surface area (Å²) in [6.45, 7) is 16.8. The lowest BCUT2D eigenvalue weighted by molar-refractivity contribution is 0.629. The first-order valence-corrected chi connectivity index (χ1v) is 46.7. The fourth-order valence-electron chi connectivity index (χ4n) is 23.0. The van der Waals surface area contributed by atoms with Gasteiger partial charge in [0.05, 0.1) is 11.0 Å². The lowest BCUT2D eigenvalue weighted by Crippen LogP contribution is -2.16. The number of benzene rings is 19. The Hall–Kier alpha value is -16.0. The van der Waals surface area contributed by atoms with Gasteiger partial charge in [0, 0.05) is 105 Å². The number of rotatable bonds is 16. The fraction of sp³-hybridized carbons (Fsp3) is 0.102. The van der Waals surface area contributed by atoms with Gasteiger partial charge in [-0.2, -0.15) is 0 Å². The third-order valence-electron chi connectivity index (χ3n) is 29.8. The summed E-state index contributed by atoms with van der Waals surface area (Å²) in [6.07, 6.45) is 0.850. The molecule has 0 spiro atoms. The first-order chi connectivity index (χ1) is 65.1. The predicted octanol–water partition coefficient (Wildman–Crippen LogP) is 35.6. The van der Waals surface area contributed by atoms with E-state index in [0.717, 1.165) is 135 Å². The number of furan rings is 4. The SMILES string of the molecule is CCC(c1ccc2c(c1)C(C)(C)c1cc(-c3cc4ccccc4o3)ccc1-2)c1c(-c2cc3c(cc2C)c2ccc4cc(C(C)[C@H](c5ccccc5)c5ccc6cc(-c7cc8ccccc8o7)ccc6c5)ccc4c2n3-c2ccc3c(c2)C(C)(C)c2cc(-c4cc5ccccc5o4)ccc2-3)ccc2cc(N(c3ccccc3)c3ccc4cc(-c5cc6ccccc6o5)ccc4c3)ccc12. The van der Waals surface area contributed by atoms with Crippen LogP contribution in [0, 0.1) is 6.92 Å². The Morgan fingerprint density at radius 2 is 0.699 bits per heavy atom. The molecule has 133 heavy (non-hydrogen) atoms. The van der Waals surface area contributed by atoms with Gasteiger partial charge in [-0.1, -0.05) is 308 Å². The van der Waals surface area contributed by atoms with Gasteiger partial charge in [0.1, 0.15) is 45.4 Å². The molecular formula is C127H92N2O4. The van der Waals surface area contributed by atoms with Crippen molar-refractivity contribution in [3.8, 4) is 84.4 Å². The van der Waals surface area contributed by atoms with Crippen LogP contribution in [0.25, 0.3) is 193 Å². The van der Waals surface area contributed by atoms with Crippen LogP contribution < -0.4 is 4.90 Å². The van der Waals surface area contributed by atoms with Gasteiger partial charge in [-0.15, -0.1) is 0 Å². The van der Waals surface area contributed by atoms with Crippen LogP contribution in [0.1, 0.15) is 121 Å². The van der Waals surface area contributed by atoms with E-state index in [0.29, 0.717) is 0 Å².